The number of aliphatic carboxylic acids is 5. The minimum absolute atomic E-state index is 0.0650. The van der Waals surface area contributed by atoms with Gasteiger partial charge in [-0.15, -0.1) is 0 Å². The molecule has 0 aliphatic heterocycles. The first-order valence-electron chi connectivity index (χ1n) is 11.4. The number of rotatable bonds is 20. The van der Waals surface area contributed by atoms with Crippen LogP contribution in [0.4, 0.5) is 0 Å². The smallest absolute Gasteiger partial charge is 0.317 e. The molecule has 0 amide bonds. The molecule has 0 aliphatic carbocycles. The molecule has 1 unspecified atom stereocenters. The van der Waals surface area contributed by atoms with Crippen LogP contribution in [0.5, 0.6) is 5.75 Å². The summed E-state index contributed by atoms with van der Waals surface area (Å²) in [5.74, 6) is -5.78. The number of carboxylic acids is 5. The molecular formula is C23H33N3O11. The van der Waals surface area contributed by atoms with E-state index in [-0.39, 0.29) is 26.1 Å². The Morgan fingerprint density at radius 2 is 1.19 bits per heavy atom. The highest BCUT2D eigenvalue weighted by Gasteiger charge is 2.28. The standard InChI is InChI=1S/C23H33N3O11/c1-2-37-18-6-4-3-5-16(18)9-17(26(14-22(33)34)15-23(35)36)10-24(11-19(27)28)7-8-25(12-20(29)30)13-21(31)32/h3-6,17H,2,7-15H2,1H3,(H,27,28)(H,29,30)(H,31,32)(H,33,34)(H,35,36). The van der Waals surface area contributed by atoms with Crippen LogP contribution in [0.3, 0.4) is 0 Å². The molecule has 37 heavy (non-hydrogen) atoms. The zero-order valence-corrected chi connectivity index (χ0v) is 20.5. The van der Waals surface area contributed by atoms with Crippen LogP contribution in [-0.4, -0.2) is 135 Å². The molecule has 1 aromatic rings. The van der Waals surface area contributed by atoms with Gasteiger partial charge in [-0.05, 0) is 25.0 Å². The van der Waals surface area contributed by atoms with Crippen molar-refractivity contribution in [2.45, 2.75) is 19.4 Å². The van der Waals surface area contributed by atoms with Gasteiger partial charge in [0.25, 0.3) is 0 Å². The average molecular weight is 528 g/mol. The van der Waals surface area contributed by atoms with Gasteiger partial charge < -0.3 is 30.3 Å². The van der Waals surface area contributed by atoms with E-state index in [0.29, 0.717) is 17.9 Å². The van der Waals surface area contributed by atoms with Gasteiger partial charge in [-0.25, -0.2) is 0 Å². The molecule has 1 rings (SSSR count). The fraction of sp³-hybridized carbons (Fsp3) is 0.522. The number of nitrogens with zero attached hydrogens (tertiary/aromatic N) is 3. The molecule has 0 saturated heterocycles. The van der Waals surface area contributed by atoms with Crippen molar-refractivity contribution in [3.05, 3.63) is 29.8 Å². The van der Waals surface area contributed by atoms with Gasteiger partial charge in [-0.2, -0.15) is 0 Å². The molecule has 14 heteroatoms. The molecule has 0 radical (unpaired) electrons. The summed E-state index contributed by atoms with van der Waals surface area (Å²) < 4.78 is 5.63. The first-order valence-corrected chi connectivity index (χ1v) is 11.4. The van der Waals surface area contributed by atoms with Gasteiger partial charge in [0, 0.05) is 25.7 Å². The van der Waals surface area contributed by atoms with Crippen molar-refractivity contribution in [2.75, 3.05) is 59.0 Å². The second-order valence-electron chi connectivity index (χ2n) is 8.22. The highest BCUT2D eigenvalue weighted by molar-refractivity contribution is 5.73. The predicted octanol–water partition coefficient (Wildman–Crippen LogP) is -0.675. The Morgan fingerprint density at radius 3 is 1.68 bits per heavy atom. The molecule has 5 N–H and O–H groups in total. The van der Waals surface area contributed by atoms with Crippen molar-refractivity contribution in [2.24, 2.45) is 0 Å². The molecule has 0 aliphatic rings. The molecular weight excluding hydrogens is 494 g/mol. The van der Waals surface area contributed by atoms with E-state index >= 15 is 0 Å². The Balaban J connectivity index is 3.29. The quantitative estimate of drug-likeness (QED) is 0.143. The summed E-state index contributed by atoms with van der Waals surface area (Å²) >= 11 is 0. The third-order valence-corrected chi connectivity index (χ3v) is 5.20. The molecule has 1 aromatic carbocycles. The van der Waals surface area contributed by atoms with E-state index in [0.717, 1.165) is 4.90 Å². The van der Waals surface area contributed by atoms with E-state index in [1.165, 1.54) is 9.80 Å². The maximum absolute atomic E-state index is 11.5. The van der Waals surface area contributed by atoms with Crippen molar-refractivity contribution < 1.29 is 54.2 Å². The highest BCUT2D eigenvalue weighted by Crippen LogP contribution is 2.22. The Labute approximate surface area is 213 Å². The van der Waals surface area contributed by atoms with E-state index in [1.54, 1.807) is 31.2 Å². The fourth-order valence-corrected chi connectivity index (χ4v) is 3.80. The summed E-state index contributed by atoms with van der Waals surface area (Å²) in [6, 6.07) is 6.13. The van der Waals surface area contributed by atoms with Crippen LogP contribution in [0.25, 0.3) is 0 Å². The SMILES string of the molecule is CCOc1ccccc1CC(CN(CCN(CC(=O)O)CC(=O)O)CC(=O)O)N(CC(=O)O)CC(=O)O. The van der Waals surface area contributed by atoms with Crippen molar-refractivity contribution in [3.8, 4) is 5.75 Å². The van der Waals surface area contributed by atoms with Gasteiger partial charge in [0.15, 0.2) is 0 Å². The number of ether oxygens (including phenoxy) is 1. The third-order valence-electron chi connectivity index (χ3n) is 5.20. The maximum Gasteiger partial charge on any atom is 0.317 e. The highest BCUT2D eigenvalue weighted by atomic mass is 16.5. The Hall–Kier alpha value is -3.75. The van der Waals surface area contributed by atoms with E-state index < -0.39 is 68.6 Å². The number of hydrogen-bond acceptors (Lipinski definition) is 9. The van der Waals surface area contributed by atoms with E-state index in [4.69, 9.17) is 14.9 Å². The minimum Gasteiger partial charge on any atom is -0.494 e. The summed E-state index contributed by atoms with van der Waals surface area (Å²) in [6.45, 7) is -1.07. The fourth-order valence-electron chi connectivity index (χ4n) is 3.80. The van der Waals surface area contributed by atoms with Gasteiger partial charge >= 0.3 is 29.8 Å². The summed E-state index contributed by atoms with van der Waals surface area (Å²) in [7, 11) is 0. The Morgan fingerprint density at radius 1 is 0.730 bits per heavy atom. The van der Waals surface area contributed by atoms with Crippen LogP contribution in [-0.2, 0) is 30.4 Å². The number of para-hydroxylation sites is 1. The summed E-state index contributed by atoms with van der Waals surface area (Å²) in [5.41, 5.74) is 0.656. The van der Waals surface area contributed by atoms with Gasteiger partial charge in [-0.1, -0.05) is 18.2 Å². The van der Waals surface area contributed by atoms with Crippen LogP contribution in [0, 0.1) is 0 Å². The topological polar surface area (TPSA) is 205 Å². The lowest BCUT2D eigenvalue weighted by Crippen LogP contribution is -2.51. The van der Waals surface area contributed by atoms with E-state index in [2.05, 4.69) is 0 Å². The van der Waals surface area contributed by atoms with Gasteiger partial charge in [0.2, 0.25) is 0 Å². The molecule has 0 fully saturated rings. The Kier molecular flexibility index (Phi) is 13.6. The number of hydrogen-bond donors (Lipinski definition) is 5. The van der Waals surface area contributed by atoms with Crippen molar-refractivity contribution in [1.82, 2.24) is 14.7 Å². The second-order valence-corrected chi connectivity index (χ2v) is 8.22. The normalized spacial score (nSPS) is 12.0. The number of benzene rings is 1. The zero-order valence-electron chi connectivity index (χ0n) is 20.5. The maximum atomic E-state index is 11.5. The molecule has 206 valence electrons. The molecule has 0 heterocycles. The lowest BCUT2D eigenvalue weighted by Gasteiger charge is -2.34. The molecule has 0 aromatic heterocycles. The molecule has 0 saturated carbocycles. The van der Waals surface area contributed by atoms with Gasteiger partial charge in [0.05, 0.1) is 39.3 Å². The van der Waals surface area contributed by atoms with Crippen LogP contribution < -0.4 is 4.74 Å². The van der Waals surface area contributed by atoms with E-state index in [9.17, 15) is 39.3 Å². The van der Waals surface area contributed by atoms with Crippen molar-refractivity contribution in [1.29, 1.82) is 0 Å². The summed E-state index contributed by atoms with van der Waals surface area (Å²) in [6.07, 6.45) is 0.126. The molecule has 14 nitrogen and oxygen atoms in total. The largest absolute Gasteiger partial charge is 0.494 e. The van der Waals surface area contributed by atoms with Crippen molar-refractivity contribution >= 4 is 29.8 Å². The van der Waals surface area contributed by atoms with Crippen LogP contribution in [0.15, 0.2) is 24.3 Å². The van der Waals surface area contributed by atoms with Crippen molar-refractivity contribution in [3.63, 3.8) is 0 Å². The number of carbonyl (C=O) groups is 5. The van der Waals surface area contributed by atoms with E-state index in [1.807, 2.05) is 0 Å². The van der Waals surface area contributed by atoms with Crippen LogP contribution >= 0.6 is 0 Å². The molecule has 1 atom stereocenters. The number of carboxylic acid groups (broad SMARTS) is 5. The third kappa shape index (κ3) is 13.2. The average Bonchev–Trinajstić information content (AvgIpc) is 2.76. The zero-order chi connectivity index (χ0) is 28.0. The minimum atomic E-state index is -1.27. The van der Waals surface area contributed by atoms with Crippen LogP contribution in [0.1, 0.15) is 12.5 Å². The van der Waals surface area contributed by atoms with Gasteiger partial charge in [-0.3, -0.25) is 38.7 Å². The predicted molar refractivity (Wildman–Crippen MR) is 128 cm³/mol. The Bertz CT molecular complexity index is 908. The second kappa shape index (κ2) is 16.1. The lowest BCUT2D eigenvalue weighted by molar-refractivity contribution is -0.144. The summed E-state index contributed by atoms with van der Waals surface area (Å²) in [5, 5.41) is 46.3. The monoisotopic (exact) mass is 527 g/mol. The first kappa shape index (κ1) is 31.3. The van der Waals surface area contributed by atoms with Gasteiger partial charge in [0.1, 0.15) is 5.75 Å². The summed E-state index contributed by atoms with van der Waals surface area (Å²) in [4.78, 5) is 60.5. The molecule has 0 spiro atoms. The lowest BCUT2D eigenvalue weighted by atomic mass is 10.0. The first-order chi connectivity index (χ1) is 17.4. The van der Waals surface area contributed by atoms with Crippen LogP contribution in [0.2, 0.25) is 0 Å². The molecule has 0 bridgehead atoms.